The smallest absolute Gasteiger partial charge is 0.0303 e. The largest absolute Gasteiger partial charge is 0.308 e. The lowest BCUT2D eigenvalue weighted by molar-refractivity contribution is 0.701. The minimum Gasteiger partial charge on any atom is -0.308 e. The number of rotatable bonds is 5. The summed E-state index contributed by atoms with van der Waals surface area (Å²) in [6.45, 7) is 3.96. The lowest BCUT2D eigenvalue weighted by Gasteiger charge is -2.03. The van der Waals surface area contributed by atoms with Crippen LogP contribution in [0.15, 0.2) is 66.0 Å². The first kappa shape index (κ1) is 14.1. The van der Waals surface area contributed by atoms with E-state index in [1.165, 1.54) is 27.1 Å². The molecule has 0 bridgehead atoms. The van der Waals surface area contributed by atoms with Gasteiger partial charge in [0.15, 0.2) is 0 Å². The SMILES string of the molecule is Cc1ccc(CNCc2cc(-c3ccccc3)cs2)cc1. The number of hydrogen-bond donors (Lipinski definition) is 1. The van der Waals surface area contributed by atoms with Gasteiger partial charge in [0.25, 0.3) is 0 Å². The molecule has 0 aliphatic rings. The summed E-state index contributed by atoms with van der Waals surface area (Å²) in [5, 5.41) is 5.75. The molecule has 0 saturated heterocycles. The zero-order valence-electron chi connectivity index (χ0n) is 12.2. The van der Waals surface area contributed by atoms with Crippen molar-refractivity contribution >= 4 is 11.3 Å². The molecule has 0 unspecified atom stereocenters. The molecular weight excluding hydrogens is 274 g/mol. The fraction of sp³-hybridized carbons (Fsp3) is 0.158. The van der Waals surface area contributed by atoms with Crippen LogP contribution < -0.4 is 5.32 Å². The Morgan fingerprint density at radius 2 is 1.62 bits per heavy atom. The van der Waals surface area contributed by atoms with E-state index in [9.17, 15) is 0 Å². The van der Waals surface area contributed by atoms with E-state index < -0.39 is 0 Å². The molecule has 106 valence electrons. The van der Waals surface area contributed by atoms with E-state index in [1.54, 1.807) is 0 Å². The van der Waals surface area contributed by atoms with Crippen LogP contribution in [0.2, 0.25) is 0 Å². The van der Waals surface area contributed by atoms with Gasteiger partial charge in [0.05, 0.1) is 0 Å². The lowest BCUT2D eigenvalue weighted by atomic mass is 10.1. The number of hydrogen-bond acceptors (Lipinski definition) is 2. The van der Waals surface area contributed by atoms with Crippen LogP contribution in [0.1, 0.15) is 16.0 Å². The van der Waals surface area contributed by atoms with Crippen LogP contribution in [-0.4, -0.2) is 0 Å². The average molecular weight is 293 g/mol. The first-order chi connectivity index (χ1) is 10.3. The van der Waals surface area contributed by atoms with Crippen LogP contribution >= 0.6 is 11.3 Å². The maximum atomic E-state index is 3.51. The molecule has 0 aliphatic carbocycles. The van der Waals surface area contributed by atoms with Crippen molar-refractivity contribution in [3.05, 3.63) is 82.0 Å². The van der Waals surface area contributed by atoms with Crippen LogP contribution in [0.25, 0.3) is 11.1 Å². The van der Waals surface area contributed by atoms with Crippen LogP contribution in [0.4, 0.5) is 0 Å². The van der Waals surface area contributed by atoms with Gasteiger partial charge in [-0.3, -0.25) is 0 Å². The Morgan fingerprint density at radius 3 is 2.38 bits per heavy atom. The van der Waals surface area contributed by atoms with Gasteiger partial charge in [-0.05, 0) is 35.1 Å². The van der Waals surface area contributed by atoms with Crippen molar-refractivity contribution in [1.29, 1.82) is 0 Å². The molecule has 0 radical (unpaired) electrons. The highest BCUT2D eigenvalue weighted by Crippen LogP contribution is 2.25. The van der Waals surface area contributed by atoms with Gasteiger partial charge in [-0.15, -0.1) is 11.3 Å². The fourth-order valence-electron chi connectivity index (χ4n) is 2.29. The Kier molecular flexibility index (Phi) is 4.49. The highest BCUT2D eigenvalue weighted by atomic mass is 32.1. The molecule has 2 heteroatoms. The van der Waals surface area contributed by atoms with E-state index in [4.69, 9.17) is 0 Å². The molecular formula is C19H19NS. The van der Waals surface area contributed by atoms with Crippen LogP contribution in [0.5, 0.6) is 0 Å². The van der Waals surface area contributed by atoms with E-state index in [0.29, 0.717) is 0 Å². The normalized spacial score (nSPS) is 10.7. The molecule has 2 aromatic carbocycles. The fourth-order valence-corrected chi connectivity index (χ4v) is 3.15. The zero-order valence-corrected chi connectivity index (χ0v) is 13.0. The molecule has 0 aliphatic heterocycles. The molecule has 21 heavy (non-hydrogen) atoms. The van der Waals surface area contributed by atoms with Crippen molar-refractivity contribution in [2.75, 3.05) is 0 Å². The summed E-state index contributed by atoms with van der Waals surface area (Å²) >= 11 is 1.82. The molecule has 0 spiro atoms. The average Bonchev–Trinajstić information content (AvgIpc) is 2.99. The Labute approximate surface area is 130 Å². The molecule has 1 nitrogen and oxygen atoms in total. The van der Waals surface area contributed by atoms with Crippen LogP contribution in [0.3, 0.4) is 0 Å². The van der Waals surface area contributed by atoms with Crippen molar-refractivity contribution < 1.29 is 0 Å². The third kappa shape index (κ3) is 3.81. The Hall–Kier alpha value is -1.90. The van der Waals surface area contributed by atoms with Gasteiger partial charge in [0.1, 0.15) is 0 Å². The molecule has 0 fully saturated rings. The monoisotopic (exact) mass is 293 g/mol. The predicted molar refractivity (Wildman–Crippen MR) is 91.5 cm³/mol. The van der Waals surface area contributed by atoms with Crippen molar-refractivity contribution in [3.63, 3.8) is 0 Å². The molecule has 0 atom stereocenters. The molecule has 3 aromatic rings. The van der Waals surface area contributed by atoms with Crippen molar-refractivity contribution in [2.45, 2.75) is 20.0 Å². The van der Waals surface area contributed by atoms with Gasteiger partial charge in [0, 0.05) is 18.0 Å². The summed E-state index contributed by atoms with van der Waals surface area (Å²) in [5.74, 6) is 0. The second-order valence-electron chi connectivity index (χ2n) is 5.26. The predicted octanol–water partition coefficient (Wildman–Crippen LogP) is 5.01. The van der Waals surface area contributed by atoms with E-state index in [-0.39, 0.29) is 0 Å². The minimum atomic E-state index is 0.916. The second kappa shape index (κ2) is 6.70. The summed E-state index contributed by atoms with van der Waals surface area (Å²) < 4.78 is 0. The number of nitrogens with one attached hydrogen (secondary N) is 1. The Balaban J connectivity index is 1.57. The third-order valence-corrected chi connectivity index (χ3v) is 4.45. The first-order valence-corrected chi connectivity index (χ1v) is 8.08. The molecule has 3 rings (SSSR count). The molecule has 1 heterocycles. The Bertz CT molecular complexity index is 683. The Morgan fingerprint density at radius 1 is 0.857 bits per heavy atom. The number of aryl methyl sites for hydroxylation is 1. The number of thiophene rings is 1. The zero-order chi connectivity index (χ0) is 14.5. The van der Waals surface area contributed by atoms with E-state index in [0.717, 1.165) is 13.1 Å². The molecule has 1 N–H and O–H groups in total. The third-order valence-electron chi connectivity index (χ3n) is 3.51. The van der Waals surface area contributed by atoms with Crippen molar-refractivity contribution in [1.82, 2.24) is 5.32 Å². The standard InChI is InChI=1S/C19H19NS/c1-15-7-9-16(10-8-15)12-20-13-19-11-18(14-21-19)17-5-3-2-4-6-17/h2-11,14,20H,12-13H2,1H3. The highest BCUT2D eigenvalue weighted by Gasteiger charge is 2.02. The summed E-state index contributed by atoms with van der Waals surface area (Å²) in [5.41, 5.74) is 5.25. The topological polar surface area (TPSA) is 12.0 Å². The first-order valence-electron chi connectivity index (χ1n) is 7.20. The summed E-state index contributed by atoms with van der Waals surface area (Å²) in [6, 6.07) is 21.5. The van der Waals surface area contributed by atoms with Gasteiger partial charge in [-0.25, -0.2) is 0 Å². The minimum absolute atomic E-state index is 0.916. The van der Waals surface area contributed by atoms with E-state index >= 15 is 0 Å². The van der Waals surface area contributed by atoms with Gasteiger partial charge in [0.2, 0.25) is 0 Å². The van der Waals surface area contributed by atoms with Gasteiger partial charge >= 0.3 is 0 Å². The summed E-state index contributed by atoms with van der Waals surface area (Å²) in [6.07, 6.45) is 0. The van der Waals surface area contributed by atoms with Crippen molar-refractivity contribution in [2.24, 2.45) is 0 Å². The quantitative estimate of drug-likeness (QED) is 0.697. The van der Waals surface area contributed by atoms with Gasteiger partial charge in [-0.2, -0.15) is 0 Å². The van der Waals surface area contributed by atoms with Gasteiger partial charge in [-0.1, -0.05) is 60.2 Å². The van der Waals surface area contributed by atoms with Gasteiger partial charge < -0.3 is 5.32 Å². The van der Waals surface area contributed by atoms with E-state index in [2.05, 4.69) is 78.3 Å². The van der Waals surface area contributed by atoms with Crippen LogP contribution in [0, 0.1) is 6.92 Å². The van der Waals surface area contributed by atoms with Crippen molar-refractivity contribution in [3.8, 4) is 11.1 Å². The summed E-state index contributed by atoms with van der Waals surface area (Å²) in [4.78, 5) is 1.38. The summed E-state index contributed by atoms with van der Waals surface area (Å²) in [7, 11) is 0. The molecule has 0 amide bonds. The van der Waals surface area contributed by atoms with Crippen LogP contribution in [-0.2, 0) is 13.1 Å². The second-order valence-corrected chi connectivity index (χ2v) is 6.25. The highest BCUT2D eigenvalue weighted by molar-refractivity contribution is 7.10. The van der Waals surface area contributed by atoms with E-state index in [1.807, 2.05) is 11.3 Å². The number of benzene rings is 2. The maximum Gasteiger partial charge on any atom is 0.0303 e. The molecule has 0 saturated carbocycles. The maximum absolute atomic E-state index is 3.51. The molecule has 1 aromatic heterocycles. The lowest BCUT2D eigenvalue weighted by Crippen LogP contribution is -2.11.